The highest BCUT2D eigenvalue weighted by Crippen LogP contribution is 2.37. The van der Waals surface area contributed by atoms with Crippen LogP contribution in [0.4, 0.5) is 0 Å². The van der Waals surface area contributed by atoms with Gasteiger partial charge in [0.15, 0.2) is 0 Å². The minimum atomic E-state index is -0.148. The molecule has 4 atom stereocenters. The first-order chi connectivity index (χ1) is 9.08. The Kier molecular flexibility index (Phi) is 2.99. The van der Waals surface area contributed by atoms with Gasteiger partial charge in [0.05, 0.1) is 29.1 Å². The zero-order valence-corrected chi connectivity index (χ0v) is 11.1. The lowest BCUT2D eigenvalue weighted by atomic mass is 9.72. The number of nitrogens with zero attached hydrogens (tertiary/aromatic N) is 2. The van der Waals surface area contributed by atoms with E-state index in [9.17, 15) is 4.79 Å². The molecule has 1 aliphatic heterocycles. The maximum atomic E-state index is 12.3. The molecule has 1 aromatic rings. The van der Waals surface area contributed by atoms with E-state index in [-0.39, 0.29) is 24.1 Å². The lowest BCUT2D eigenvalue weighted by Gasteiger charge is -2.45. The van der Waals surface area contributed by atoms with Crippen LogP contribution in [0.1, 0.15) is 28.2 Å². The Balaban J connectivity index is 1.73. The summed E-state index contributed by atoms with van der Waals surface area (Å²) < 4.78 is 5.60. The van der Waals surface area contributed by atoms with E-state index in [4.69, 9.17) is 10.5 Å². The van der Waals surface area contributed by atoms with E-state index < -0.39 is 0 Å². The Morgan fingerprint density at radius 3 is 3.05 bits per heavy atom. The van der Waals surface area contributed by atoms with Gasteiger partial charge in [-0.1, -0.05) is 0 Å². The highest BCUT2D eigenvalue weighted by molar-refractivity contribution is 5.95. The molecule has 0 spiro atoms. The van der Waals surface area contributed by atoms with Gasteiger partial charge in [0.1, 0.15) is 0 Å². The van der Waals surface area contributed by atoms with Crippen LogP contribution in [0.2, 0.25) is 0 Å². The third-order valence-corrected chi connectivity index (χ3v) is 4.09. The van der Waals surface area contributed by atoms with Gasteiger partial charge in [-0.3, -0.25) is 4.79 Å². The van der Waals surface area contributed by atoms with Crippen LogP contribution in [-0.2, 0) is 4.74 Å². The Bertz CT molecular complexity index is 519. The first-order valence-corrected chi connectivity index (χ1v) is 6.57. The van der Waals surface area contributed by atoms with Crippen LogP contribution in [0.25, 0.3) is 0 Å². The van der Waals surface area contributed by atoms with Gasteiger partial charge in [-0.05, 0) is 26.3 Å². The van der Waals surface area contributed by atoms with Gasteiger partial charge in [0, 0.05) is 18.6 Å². The summed E-state index contributed by atoms with van der Waals surface area (Å²) in [7, 11) is 0. The standard InChI is InChI=1S/C13H18N4O2/c1-6-5-9(7(2)17-16-6)13(18)15-11-10(14)8-3-4-19-12(8)11/h5,8,10-12H,3-4,14H2,1-2H3,(H,15,18). The molecule has 6 heteroatoms. The first-order valence-electron chi connectivity index (χ1n) is 6.57. The molecule has 3 N–H and O–H groups in total. The second kappa shape index (κ2) is 4.54. The second-order valence-corrected chi connectivity index (χ2v) is 5.35. The van der Waals surface area contributed by atoms with Crippen LogP contribution in [0.15, 0.2) is 6.07 Å². The lowest BCUT2D eigenvalue weighted by Crippen LogP contribution is -2.69. The highest BCUT2D eigenvalue weighted by Gasteiger charge is 2.52. The molecule has 4 unspecified atom stereocenters. The van der Waals surface area contributed by atoms with Crippen molar-refractivity contribution in [3.05, 3.63) is 23.0 Å². The number of hydrogen-bond donors (Lipinski definition) is 2. The molecule has 2 aliphatic rings. The number of hydrogen-bond acceptors (Lipinski definition) is 5. The first kappa shape index (κ1) is 12.5. The predicted octanol–water partition coefficient (Wildman–Crippen LogP) is -0.0622. The molecule has 0 aromatic carbocycles. The summed E-state index contributed by atoms with van der Waals surface area (Å²) in [5.41, 5.74) is 7.99. The third kappa shape index (κ3) is 2.01. The average Bonchev–Trinajstić information content (AvgIpc) is 2.83. The van der Waals surface area contributed by atoms with E-state index in [1.54, 1.807) is 13.0 Å². The fourth-order valence-electron chi connectivity index (χ4n) is 2.94. The fourth-order valence-corrected chi connectivity index (χ4v) is 2.94. The Labute approximate surface area is 111 Å². The van der Waals surface area contributed by atoms with E-state index in [2.05, 4.69) is 15.5 Å². The minimum Gasteiger partial charge on any atom is -0.376 e. The number of fused-ring (bicyclic) bond motifs is 1. The number of nitrogens with one attached hydrogen (secondary N) is 1. The molecule has 6 nitrogen and oxygen atoms in total. The zero-order valence-electron chi connectivity index (χ0n) is 11.1. The molecule has 2 heterocycles. The van der Waals surface area contributed by atoms with Crippen LogP contribution < -0.4 is 11.1 Å². The quantitative estimate of drug-likeness (QED) is 0.779. The predicted molar refractivity (Wildman–Crippen MR) is 68.6 cm³/mol. The van der Waals surface area contributed by atoms with E-state index in [1.807, 2.05) is 6.92 Å². The maximum Gasteiger partial charge on any atom is 0.253 e. The van der Waals surface area contributed by atoms with Crippen molar-refractivity contribution in [2.45, 2.75) is 38.5 Å². The van der Waals surface area contributed by atoms with Gasteiger partial charge in [0.2, 0.25) is 0 Å². The van der Waals surface area contributed by atoms with Crippen molar-refractivity contribution < 1.29 is 9.53 Å². The summed E-state index contributed by atoms with van der Waals surface area (Å²) in [5, 5.41) is 10.9. The van der Waals surface area contributed by atoms with Crippen LogP contribution in [-0.4, -0.2) is 40.9 Å². The van der Waals surface area contributed by atoms with E-state index in [1.165, 1.54) is 0 Å². The summed E-state index contributed by atoms with van der Waals surface area (Å²) in [6.07, 6.45) is 1.07. The van der Waals surface area contributed by atoms with Crippen molar-refractivity contribution in [3.63, 3.8) is 0 Å². The molecule has 2 fully saturated rings. The Morgan fingerprint density at radius 1 is 1.47 bits per heavy atom. The van der Waals surface area contributed by atoms with E-state index in [0.717, 1.165) is 18.7 Å². The molecule has 0 radical (unpaired) electrons. The Hall–Kier alpha value is -1.53. The molecule has 1 saturated carbocycles. The number of carbonyl (C=O) groups excluding carboxylic acids is 1. The molecule has 0 bridgehead atoms. The molecule has 102 valence electrons. The molecule has 1 aliphatic carbocycles. The van der Waals surface area contributed by atoms with Crippen molar-refractivity contribution in [2.24, 2.45) is 11.7 Å². The van der Waals surface area contributed by atoms with Crippen molar-refractivity contribution in [1.29, 1.82) is 0 Å². The SMILES string of the molecule is Cc1cc(C(=O)NC2C(N)C3CCOC32)c(C)nn1. The number of aromatic nitrogens is 2. The Morgan fingerprint density at radius 2 is 2.26 bits per heavy atom. The molecule has 1 saturated heterocycles. The molecular formula is C13H18N4O2. The van der Waals surface area contributed by atoms with Crippen LogP contribution in [0.3, 0.4) is 0 Å². The number of amides is 1. The van der Waals surface area contributed by atoms with Crippen molar-refractivity contribution in [1.82, 2.24) is 15.5 Å². The van der Waals surface area contributed by atoms with Crippen molar-refractivity contribution in [2.75, 3.05) is 6.61 Å². The monoisotopic (exact) mass is 262 g/mol. The fraction of sp³-hybridized carbons (Fsp3) is 0.615. The minimum absolute atomic E-state index is 0.00681. The molecule has 1 amide bonds. The summed E-state index contributed by atoms with van der Waals surface area (Å²) >= 11 is 0. The molecule has 19 heavy (non-hydrogen) atoms. The highest BCUT2D eigenvalue weighted by atomic mass is 16.5. The van der Waals surface area contributed by atoms with Crippen molar-refractivity contribution >= 4 is 5.91 Å². The van der Waals surface area contributed by atoms with E-state index >= 15 is 0 Å². The van der Waals surface area contributed by atoms with Crippen LogP contribution in [0, 0.1) is 19.8 Å². The zero-order chi connectivity index (χ0) is 13.6. The van der Waals surface area contributed by atoms with Gasteiger partial charge >= 0.3 is 0 Å². The number of aryl methyl sites for hydroxylation is 2. The van der Waals surface area contributed by atoms with E-state index in [0.29, 0.717) is 17.2 Å². The largest absolute Gasteiger partial charge is 0.376 e. The lowest BCUT2D eigenvalue weighted by molar-refractivity contribution is -0.0161. The van der Waals surface area contributed by atoms with Gasteiger partial charge in [-0.15, -0.1) is 0 Å². The smallest absolute Gasteiger partial charge is 0.253 e. The molecular weight excluding hydrogens is 244 g/mol. The molecule has 1 aromatic heterocycles. The van der Waals surface area contributed by atoms with Crippen LogP contribution in [0.5, 0.6) is 0 Å². The third-order valence-electron chi connectivity index (χ3n) is 4.09. The topological polar surface area (TPSA) is 90.1 Å². The summed E-state index contributed by atoms with van der Waals surface area (Å²) in [6, 6.07) is 1.65. The van der Waals surface area contributed by atoms with Gasteiger partial charge in [-0.2, -0.15) is 10.2 Å². The summed E-state index contributed by atoms with van der Waals surface area (Å²) in [6.45, 7) is 4.33. The van der Waals surface area contributed by atoms with Gasteiger partial charge < -0.3 is 15.8 Å². The van der Waals surface area contributed by atoms with Gasteiger partial charge in [-0.25, -0.2) is 0 Å². The number of rotatable bonds is 2. The van der Waals surface area contributed by atoms with Gasteiger partial charge in [0.25, 0.3) is 5.91 Å². The average molecular weight is 262 g/mol. The second-order valence-electron chi connectivity index (χ2n) is 5.35. The summed E-state index contributed by atoms with van der Waals surface area (Å²) in [4.78, 5) is 12.3. The maximum absolute atomic E-state index is 12.3. The molecule has 3 rings (SSSR count). The summed E-state index contributed by atoms with van der Waals surface area (Å²) in [5.74, 6) is 0.244. The van der Waals surface area contributed by atoms with Crippen LogP contribution >= 0.6 is 0 Å². The van der Waals surface area contributed by atoms with Crippen molar-refractivity contribution in [3.8, 4) is 0 Å². The number of ether oxygens (including phenoxy) is 1. The number of carbonyl (C=O) groups is 1. The number of nitrogens with two attached hydrogens (primary N) is 1. The normalized spacial score (nSPS) is 32.6.